The first kappa shape index (κ1) is 17.0. The van der Waals surface area contributed by atoms with Gasteiger partial charge < -0.3 is 15.7 Å². The maximum atomic E-state index is 12.2. The highest BCUT2D eigenvalue weighted by molar-refractivity contribution is 5.85. The van der Waals surface area contributed by atoms with Crippen molar-refractivity contribution in [1.29, 1.82) is 0 Å². The highest BCUT2D eigenvalue weighted by Gasteiger charge is 2.28. The molecule has 1 aliphatic heterocycles. The molecule has 1 saturated heterocycles. The van der Waals surface area contributed by atoms with Crippen LogP contribution in [0.4, 0.5) is 0 Å². The van der Waals surface area contributed by atoms with Gasteiger partial charge in [0.1, 0.15) is 0 Å². The zero-order chi connectivity index (χ0) is 13.8. The van der Waals surface area contributed by atoms with Crippen LogP contribution in [0.15, 0.2) is 30.3 Å². The molecule has 1 aliphatic rings. The third-order valence-corrected chi connectivity index (χ3v) is 3.94. The summed E-state index contributed by atoms with van der Waals surface area (Å²) in [6.07, 6.45) is 0.795. The van der Waals surface area contributed by atoms with E-state index in [4.69, 9.17) is 5.73 Å². The van der Waals surface area contributed by atoms with Gasteiger partial charge in [-0.25, -0.2) is 0 Å². The van der Waals surface area contributed by atoms with E-state index in [1.807, 2.05) is 25.1 Å². The quantitative estimate of drug-likeness (QED) is 0.893. The number of aliphatic hydroxyl groups excluding tert-OH is 1. The van der Waals surface area contributed by atoms with Gasteiger partial charge in [-0.05, 0) is 31.2 Å². The molecule has 4 nitrogen and oxygen atoms in total. The van der Waals surface area contributed by atoms with E-state index in [1.165, 1.54) is 0 Å². The number of hydrogen-bond donors (Lipinski definition) is 2. The molecule has 1 amide bonds. The van der Waals surface area contributed by atoms with Gasteiger partial charge in [0.05, 0.1) is 0 Å². The monoisotopic (exact) mass is 298 g/mol. The molecule has 0 bridgehead atoms. The minimum absolute atomic E-state index is 0. The van der Waals surface area contributed by atoms with Crippen molar-refractivity contribution >= 4 is 18.3 Å². The number of halogens is 1. The van der Waals surface area contributed by atoms with E-state index in [-0.39, 0.29) is 24.4 Å². The van der Waals surface area contributed by atoms with Crippen molar-refractivity contribution in [2.45, 2.75) is 31.9 Å². The second kappa shape index (κ2) is 7.62. The normalized spacial score (nSPS) is 19.1. The Morgan fingerprint density at radius 1 is 1.30 bits per heavy atom. The number of carbonyl (C=O) groups is 1. The highest BCUT2D eigenvalue weighted by atomic mass is 35.5. The number of benzene rings is 1. The zero-order valence-electron chi connectivity index (χ0n) is 11.7. The predicted molar refractivity (Wildman–Crippen MR) is 81.6 cm³/mol. The molecule has 0 radical (unpaired) electrons. The molecule has 2 rings (SSSR count). The number of nitrogens with zero attached hydrogens (tertiary/aromatic N) is 1. The molecule has 5 heteroatoms. The molecular weight excluding hydrogens is 276 g/mol. The Bertz CT molecular complexity index is 417. The molecule has 0 aliphatic carbocycles. The van der Waals surface area contributed by atoms with E-state index in [1.54, 1.807) is 17.0 Å². The summed E-state index contributed by atoms with van der Waals surface area (Å²) in [5.41, 5.74) is 6.54. The Balaban J connectivity index is 0.00000200. The van der Waals surface area contributed by atoms with Gasteiger partial charge in [0, 0.05) is 19.1 Å². The standard InChI is InChI=1S/C15H22N2O2.ClH/c1-11(16)12-7-9-17(10-8-12)15(19)14(18)13-5-3-2-4-6-13;/h2-6,11-12,14,18H,7-10,16H2,1H3;1H. The Morgan fingerprint density at radius 3 is 2.35 bits per heavy atom. The van der Waals surface area contributed by atoms with Crippen molar-refractivity contribution in [1.82, 2.24) is 4.90 Å². The van der Waals surface area contributed by atoms with Gasteiger partial charge in [-0.15, -0.1) is 12.4 Å². The van der Waals surface area contributed by atoms with E-state index in [9.17, 15) is 9.90 Å². The summed E-state index contributed by atoms with van der Waals surface area (Å²) in [6, 6.07) is 9.25. The van der Waals surface area contributed by atoms with Gasteiger partial charge in [-0.2, -0.15) is 0 Å². The predicted octanol–water partition coefficient (Wildman–Crippen LogP) is 1.73. The van der Waals surface area contributed by atoms with Gasteiger partial charge in [0.15, 0.2) is 6.10 Å². The van der Waals surface area contributed by atoms with Crippen LogP contribution in [0.2, 0.25) is 0 Å². The number of hydrogen-bond acceptors (Lipinski definition) is 3. The van der Waals surface area contributed by atoms with Crippen LogP contribution in [-0.4, -0.2) is 35.0 Å². The van der Waals surface area contributed by atoms with Gasteiger partial charge in [-0.1, -0.05) is 30.3 Å². The second-order valence-electron chi connectivity index (χ2n) is 5.34. The fraction of sp³-hybridized carbons (Fsp3) is 0.533. The first-order valence-electron chi connectivity index (χ1n) is 6.87. The number of rotatable bonds is 3. The average molecular weight is 299 g/mol. The number of piperidine rings is 1. The summed E-state index contributed by atoms with van der Waals surface area (Å²) < 4.78 is 0. The SMILES string of the molecule is CC(N)C1CCN(C(=O)C(O)c2ccccc2)CC1.Cl. The summed E-state index contributed by atoms with van der Waals surface area (Å²) in [5.74, 6) is 0.284. The van der Waals surface area contributed by atoms with Crippen LogP contribution < -0.4 is 5.73 Å². The molecule has 1 heterocycles. The first-order chi connectivity index (χ1) is 9.09. The number of aliphatic hydroxyl groups is 1. The van der Waals surface area contributed by atoms with E-state index < -0.39 is 6.10 Å². The van der Waals surface area contributed by atoms with E-state index in [2.05, 4.69) is 0 Å². The van der Waals surface area contributed by atoms with Gasteiger partial charge in [-0.3, -0.25) is 4.79 Å². The molecule has 3 N–H and O–H groups in total. The van der Waals surface area contributed by atoms with Crippen LogP contribution in [0.5, 0.6) is 0 Å². The van der Waals surface area contributed by atoms with Gasteiger partial charge >= 0.3 is 0 Å². The van der Waals surface area contributed by atoms with E-state index >= 15 is 0 Å². The first-order valence-corrected chi connectivity index (χ1v) is 6.87. The van der Waals surface area contributed by atoms with E-state index in [0.717, 1.165) is 12.8 Å². The third kappa shape index (κ3) is 3.95. The molecular formula is C15H23ClN2O2. The Labute approximate surface area is 126 Å². The molecule has 20 heavy (non-hydrogen) atoms. The van der Waals surface area contributed by atoms with Gasteiger partial charge in [0.2, 0.25) is 0 Å². The lowest BCUT2D eigenvalue weighted by atomic mass is 9.90. The van der Waals surface area contributed by atoms with Crippen LogP contribution in [0.25, 0.3) is 0 Å². The Hall–Kier alpha value is -1.10. The number of amides is 1. The number of nitrogens with two attached hydrogens (primary N) is 1. The van der Waals surface area contributed by atoms with Crippen LogP contribution in [0, 0.1) is 5.92 Å². The molecule has 0 aromatic heterocycles. The van der Waals surface area contributed by atoms with Crippen molar-refractivity contribution in [3.05, 3.63) is 35.9 Å². The fourth-order valence-corrected chi connectivity index (χ4v) is 2.60. The summed E-state index contributed by atoms with van der Waals surface area (Å²) in [7, 11) is 0. The highest BCUT2D eigenvalue weighted by Crippen LogP contribution is 2.23. The summed E-state index contributed by atoms with van der Waals surface area (Å²) in [5, 5.41) is 10.1. The van der Waals surface area contributed by atoms with Crippen LogP contribution in [-0.2, 0) is 4.79 Å². The van der Waals surface area contributed by atoms with Crippen molar-refractivity contribution in [3.63, 3.8) is 0 Å². The maximum Gasteiger partial charge on any atom is 0.256 e. The molecule has 112 valence electrons. The topological polar surface area (TPSA) is 66.6 Å². The van der Waals surface area contributed by atoms with Gasteiger partial charge in [0.25, 0.3) is 5.91 Å². The van der Waals surface area contributed by atoms with E-state index in [0.29, 0.717) is 24.6 Å². The molecule has 2 atom stereocenters. The smallest absolute Gasteiger partial charge is 0.256 e. The Kier molecular flexibility index (Phi) is 6.46. The van der Waals surface area contributed by atoms with Crippen molar-refractivity contribution in [2.24, 2.45) is 11.7 Å². The Morgan fingerprint density at radius 2 is 1.85 bits per heavy atom. The minimum atomic E-state index is -1.05. The molecule has 0 spiro atoms. The van der Waals surface area contributed by atoms with Crippen LogP contribution in [0.3, 0.4) is 0 Å². The molecule has 2 unspecified atom stereocenters. The zero-order valence-corrected chi connectivity index (χ0v) is 12.6. The number of likely N-dealkylation sites (tertiary alicyclic amines) is 1. The average Bonchev–Trinajstić information content (AvgIpc) is 2.46. The summed E-state index contributed by atoms with van der Waals surface area (Å²) >= 11 is 0. The van der Waals surface area contributed by atoms with Crippen LogP contribution >= 0.6 is 12.4 Å². The second-order valence-corrected chi connectivity index (χ2v) is 5.34. The largest absolute Gasteiger partial charge is 0.378 e. The molecule has 0 saturated carbocycles. The lowest BCUT2D eigenvalue weighted by molar-refractivity contribution is -0.142. The lowest BCUT2D eigenvalue weighted by Gasteiger charge is -2.34. The van der Waals surface area contributed by atoms with Crippen molar-refractivity contribution in [3.8, 4) is 0 Å². The fourth-order valence-electron chi connectivity index (χ4n) is 2.60. The molecule has 1 fully saturated rings. The molecule has 1 aromatic carbocycles. The van der Waals surface area contributed by atoms with Crippen LogP contribution in [0.1, 0.15) is 31.4 Å². The molecule has 1 aromatic rings. The lowest BCUT2D eigenvalue weighted by Crippen LogP contribution is -2.44. The van der Waals surface area contributed by atoms with Crippen molar-refractivity contribution < 1.29 is 9.90 Å². The maximum absolute atomic E-state index is 12.2. The summed E-state index contributed by atoms with van der Waals surface area (Å²) in [4.78, 5) is 14.0. The summed E-state index contributed by atoms with van der Waals surface area (Å²) in [6.45, 7) is 3.39. The minimum Gasteiger partial charge on any atom is -0.378 e. The number of carbonyl (C=O) groups excluding carboxylic acids is 1. The van der Waals surface area contributed by atoms with Crippen molar-refractivity contribution in [2.75, 3.05) is 13.1 Å². The third-order valence-electron chi connectivity index (χ3n) is 3.94.